The number of anilines is 2. The maximum Gasteiger partial charge on any atom is 0.257 e. The lowest BCUT2D eigenvalue weighted by Crippen LogP contribution is -2.33. The molecule has 0 radical (unpaired) electrons. The van der Waals surface area contributed by atoms with Crippen LogP contribution >= 0.6 is 0 Å². The van der Waals surface area contributed by atoms with Crippen LogP contribution in [0.2, 0.25) is 0 Å². The summed E-state index contributed by atoms with van der Waals surface area (Å²) in [4.78, 5) is 23.4. The van der Waals surface area contributed by atoms with Gasteiger partial charge in [-0.25, -0.2) is 9.97 Å². The van der Waals surface area contributed by atoms with E-state index in [1.54, 1.807) is 12.4 Å². The van der Waals surface area contributed by atoms with Crippen molar-refractivity contribution in [3.05, 3.63) is 41.7 Å². The van der Waals surface area contributed by atoms with Gasteiger partial charge in [0.25, 0.3) is 5.91 Å². The third-order valence-corrected chi connectivity index (χ3v) is 4.55. The molecule has 1 amide bonds. The van der Waals surface area contributed by atoms with Crippen molar-refractivity contribution in [2.24, 2.45) is 5.92 Å². The Morgan fingerprint density at radius 1 is 1.24 bits per heavy atom. The molecule has 1 saturated heterocycles. The summed E-state index contributed by atoms with van der Waals surface area (Å²) < 4.78 is 5.20. The van der Waals surface area contributed by atoms with Crippen LogP contribution in [-0.2, 0) is 0 Å². The molecule has 0 saturated carbocycles. The average Bonchev–Trinajstić information content (AvgIpc) is 2.63. The molecule has 1 aliphatic rings. The molecule has 6 heteroatoms. The molecule has 1 fully saturated rings. The fourth-order valence-corrected chi connectivity index (χ4v) is 2.95. The van der Waals surface area contributed by atoms with Crippen LogP contribution in [0.25, 0.3) is 0 Å². The lowest BCUT2D eigenvalue weighted by Gasteiger charge is -2.31. The van der Waals surface area contributed by atoms with E-state index in [1.165, 1.54) is 20.0 Å². The SMILES string of the molecule is COc1ncc(C)cc1NC(=O)c1ccc(N2CCC(C)CC2)nc1. The van der Waals surface area contributed by atoms with Gasteiger partial charge in [0.1, 0.15) is 11.5 Å². The number of pyridine rings is 2. The molecule has 132 valence electrons. The number of aryl methyl sites for hydroxylation is 1. The topological polar surface area (TPSA) is 67.3 Å². The number of piperidine rings is 1. The van der Waals surface area contributed by atoms with Crippen LogP contribution in [0, 0.1) is 12.8 Å². The summed E-state index contributed by atoms with van der Waals surface area (Å²) in [6.45, 7) is 6.24. The monoisotopic (exact) mass is 340 g/mol. The molecule has 3 rings (SSSR count). The fraction of sp³-hybridized carbons (Fsp3) is 0.421. The Labute approximate surface area is 148 Å². The zero-order chi connectivity index (χ0) is 17.8. The number of aromatic nitrogens is 2. The van der Waals surface area contributed by atoms with Crippen LogP contribution in [0.1, 0.15) is 35.7 Å². The van der Waals surface area contributed by atoms with Crippen molar-refractivity contribution in [2.45, 2.75) is 26.7 Å². The number of hydrogen-bond donors (Lipinski definition) is 1. The largest absolute Gasteiger partial charge is 0.480 e. The Hall–Kier alpha value is -2.63. The molecule has 0 atom stereocenters. The van der Waals surface area contributed by atoms with Crippen molar-refractivity contribution in [3.63, 3.8) is 0 Å². The summed E-state index contributed by atoms with van der Waals surface area (Å²) in [5.74, 6) is 1.88. The predicted octanol–water partition coefficient (Wildman–Crippen LogP) is 3.28. The number of nitrogens with one attached hydrogen (secondary N) is 1. The number of methoxy groups -OCH3 is 1. The van der Waals surface area contributed by atoms with E-state index in [2.05, 4.69) is 27.1 Å². The third-order valence-electron chi connectivity index (χ3n) is 4.55. The molecule has 25 heavy (non-hydrogen) atoms. The summed E-state index contributed by atoms with van der Waals surface area (Å²) in [7, 11) is 1.53. The van der Waals surface area contributed by atoms with Gasteiger partial charge in [-0.1, -0.05) is 6.92 Å². The van der Waals surface area contributed by atoms with E-state index < -0.39 is 0 Å². The molecule has 0 aliphatic carbocycles. The Bertz CT molecular complexity index is 738. The highest BCUT2D eigenvalue weighted by Crippen LogP contribution is 2.24. The lowest BCUT2D eigenvalue weighted by molar-refractivity contribution is 0.102. The smallest absolute Gasteiger partial charge is 0.257 e. The summed E-state index contributed by atoms with van der Waals surface area (Å²) in [5.41, 5.74) is 2.02. The number of hydrogen-bond acceptors (Lipinski definition) is 5. The highest BCUT2D eigenvalue weighted by molar-refractivity contribution is 6.04. The zero-order valence-corrected chi connectivity index (χ0v) is 15.0. The first-order valence-corrected chi connectivity index (χ1v) is 8.60. The van der Waals surface area contributed by atoms with E-state index in [-0.39, 0.29) is 5.91 Å². The molecule has 1 N–H and O–H groups in total. The van der Waals surface area contributed by atoms with Crippen molar-refractivity contribution in [1.29, 1.82) is 0 Å². The second-order valence-electron chi connectivity index (χ2n) is 6.60. The van der Waals surface area contributed by atoms with Gasteiger partial charge in [-0.15, -0.1) is 0 Å². The zero-order valence-electron chi connectivity index (χ0n) is 15.0. The van der Waals surface area contributed by atoms with Gasteiger partial charge >= 0.3 is 0 Å². The number of carbonyl (C=O) groups is 1. The Balaban J connectivity index is 1.70. The molecule has 0 bridgehead atoms. The van der Waals surface area contributed by atoms with Crippen LogP contribution in [0.15, 0.2) is 30.6 Å². The molecule has 0 spiro atoms. The molecule has 0 aromatic carbocycles. The standard InChI is InChI=1S/C19H24N4O2/c1-13-6-8-23(9-7-13)17-5-4-15(12-20-17)18(24)22-16-10-14(2)11-21-19(16)25-3/h4-5,10-13H,6-9H2,1-3H3,(H,22,24). The van der Waals surface area contributed by atoms with Crippen LogP contribution in [-0.4, -0.2) is 36.1 Å². The summed E-state index contributed by atoms with van der Waals surface area (Å²) >= 11 is 0. The molecular formula is C19H24N4O2. The number of amides is 1. The van der Waals surface area contributed by atoms with E-state index >= 15 is 0 Å². The van der Waals surface area contributed by atoms with Crippen LogP contribution in [0.4, 0.5) is 11.5 Å². The number of nitrogens with zero attached hydrogens (tertiary/aromatic N) is 3. The maximum atomic E-state index is 12.5. The second-order valence-corrected chi connectivity index (χ2v) is 6.60. The normalized spacial score (nSPS) is 15.1. The molecular weight excluding hydrogens is 316 g/mol. The van der Waals surface area contributed by atoms with Crippen molar-refractivity contribution < 1.29 is 9.53 Å². The van der Waals surface area contributed by atoms with E-state index in [0.717, 1.165) is 30.4 Å². The average molecular weight is 340 g/mol. The molecule has 0 unspecified atom stereocenters. The van der Waals surface area contributed by atoms with Crippen molar-refractivity contribution in [2.75, 3.05) is 30.4 Å². The summed E-state index contributed by atoms with van der Waals surface area (Å²) in [6, 6.07) is 5.56. The first kappa shape index (κ1) is 17.2. The molecule has 2 aromatic rings. The van der Waals surface area contributed by atoms with Crippen LogP contribution < -0.4 is 15.0 Å². The van der Waals surface area contributed by atoms with E-state index in [9.17, 15) is 4.79 Å². The first-order valence-electron chi connectivity index (χ1n) is 8.60. The van der Waals surface area contributed by atoms with Crippen molar-refractivity contribution in [3.8, 4) is 5.88 Å². The number of ether oxygens (including phenoxy) is 1. The van der Waals surface area contributed by atoms with E-state index in [0.29, 0.717) is 17.1 Å². The van der Waals surface area contributed by atoms with Gasteiger partial charge in [0.15, 0.2) is 0 Å². The highest BCUT2D eigenvalue weighted by Gasteiger charge is 2.17. The minimum Gasteiger partial charge on any atom is -0.480 e. The summed E-state index contributed by atoms with van der Waals surface area (Å²) in [5, 5.41) is 2.84. The van der Waals surface area contributed by atoms with Crippen LogP contribution in [0.5, 0.6) is 5.88 Å². The van der Waals surface area contributed by atoms with Gasteiger partial charge in [-0.05, 0) is 49.4 Å². The molecule has 1 aliphatic heterocycles. The fourth-order valence-electron chi connectivity index (χ4n) is 2.95. The van der Waals surface area contributed by atoms with Gasteiger partial charge in [0.2, 0.25) is 5.88 Å². The van der Waals surface area contributed by atoms with Crippen molar-refractivity contribution in [1.82, 2.24) is 9.97 Å². The van der Waals surface area contributed by atoms with Gasteiger partial charge in [-0.3, -0.25) is 4.79 Å². The second kappa shape index (κ2) is 7.51. The van der Waals surface area contributed by atoms with Gasteiger partial charge in [0, 0.05) is 25.5 Å². The summed E-state index contributed by atoms with van der Waals surface area (Å²) in [6.07, 6.45) is 5.69. The van der Waals surface area contributed by atoms with Gasteiger partial charge in [0.05, 0.1) is 12.7 Å². The Kier molecular flexibility index (Phi) is 5.16. The third kappa shape index (κ3) is 4.07. The first-order chi connectivity index (χ1) is 12.1. The highest BCUT2D eigenvalue weighted by atomic mass is 16.5. The lowest BCUT2D eigenvalue weighted by atomic mass is 9.99. The minimum atomic E-state index is -0.225. The predicted molar refractivity (Wildman–Crippen MR) is 98.3 cm³/mol. The molecule has 6 nitrogen and oxygen atoms in total. The van der Waals surface area contributed by atoms with E-state index in [4.69, 9.17) is 4.74 Å². The maximum absolute atomic E-state index is 12.5. The Morgan fingerprint density at radius 3 is 2.64 bits per heavy atom. The van der Waals surface area contributed by atoms with Gasteiger partial charge in [-0.2, -0.15) is 0 Å². The molecule has 2 aromatic heterocycles. The number of rotatable bonds is 4. The molecule has 3 heterocycles. The number of carbonyl (C=O) groups excluding carboxylic acids is 1. The van der Waals surface area contributed by atoms with E-state index in [1.807, 2.05) is 25.1 Å². The van der Waals surface area contributed by atoms with Crippen LogP contribution in [0.3, 0.4) is 0 Å². The quantitative estimate of drug-likeness (QED) is 0.925. The minimum absolute atomic E-state index is 0.225. The Morgan fingerprint density at radius 2 is 2.00 bits per heavy atom. The van der Waals surface area contributed by atoms with Gasteiger partial charge < -0.3 is 15.0 Å². The van der Waals surface area contributed by atoms with Crippen molar-refractivity contribution >= 4 is 17.4 Å².